The summed E-state index contributed by atoms with van der Waals surface area (Å²) in [4.78, 5) is 17.1. The first kappa shape index (κ1) is 19.7. The Morgan fingerprint density at radius 1 is 1.12 bits per heavy atom. The number of ether oxygens (including phenoxy) is 1. The Kier molecular flexibility index (Phi) is 4.80. The van der Waals surface area contributed by atoms with Gasteiger partial charge in [-0.15, -0.1) is 15.3 Å². The molecule has 2 aliphatic heterocycles. The number of carbonyl (C=O) groups is 1. The van der Waals surface area contributed by atoms with Gasteiger partial charge in [0.1, 0.15) is 11.9 Å². The number of hydrogen-bond donors (Lipinski definition) is 0. The number of cyclic esters (lactones) is 1. The highest BCUT2D eigenvalue weighted by molar-refractivity contribution is 5.90. The smallest absolute Gasteiger partial charge is 0.414 e. The zero-order valence-corrected chi connectivity index (χ0v) is 16.0. The number of rotatable bonds is 5. The average molecular weight is 443 g/mol. The fourth-order valence-electron chi connectivity index (χ4n) is 3.39. The van der Waals surface area contributed by atoms with E-state index >= 15 is 0 Å². The third kappa shape index (κ3) is 3.44. The van der Waals surface area contributed by atoms with Crippen molar-refractivity contribution in [3.05, 3.63) is 59.9 Å². The van der Waals surface area contributed by atoms with Crippen LogP contribution in [0.4, 0.5) is 23.7 Å². The Balaban J connectivity index is 1.42. The maximum absolute atomic E-state index is 14.9. The molecule has 1 saturated heterocycles. The molecule has 0 spiro atoms. The standard InChI is InChI=1S/C18H12F3N9O2/c19-11-5-13(30-8-10(32-18(30)31)7-29-4-3-23-28-29)15(20)16(21)14(11)9-1-2-12(22-6-9)17-24-26-27-25-17/h1-6,10,17H,7-8H2/t10-/m0/s1. The molecule has 2 aromatic heterocycles. The zero-order valence-electron chi connectivity index (χ0n) is 16.0. The molecular weight excluding hydrogens is 431 g/mol. The quantitative estimate of drug-likeness (QED) is 0.558. The molecule has 5 rings (SSSR count). The Morgan fingerprint density at radius 2 is 1.94 bits per heavy atom. The monoisotopic (exact) mass is 443 g/mol. The van der Waals surface area contributed by atoms with Crippen molar-refractivity contribution in [2.75, 3.05) is 11.4 Å². The van der Waals surface area contributed by atoms with Gasteiger partial charge in [0.05, 0.1) is 36.2 Å². The molecule has 0 N–H and O–H groups in total. The van der Waals surface area contributed by atoms with E-state index in [0.29, 0.717) is 5.69 Å². The van der Waals surface area contributed by atoms with Crippen molar-refractivity contribution in [1.82, 2.24) is 20.0 Å². The minimum atomic E-state index is -1.46. The topological polar surface area (TPSA) is 123 Å². The van der Waals surface area contributed by atoms with Gasteiger partial charge in [0.2, 0.25) is 6.17 Å². The van der Waals surface area contributed by atoms with Crippen LogP contribution in [0.3, 0.4) is 0 Å². The van der Waals surface area contributed by atoms with Crippen molar-refractivity contribution >= 4 is 11.8 Å². The van der Waals surface area contributed by atoms with Crippen LogP contribution in [0.25, 0.3) is 11.1 Å². The average Bonchev–Trinajstić information content (AvgIpc) is 3.55. The summed E-state index contributed by atoms with van der Waals surface area (Å²) in [5.41, 5.74) is -0.832. The van der Waals surface area contributed by atoms with E-state index in [2.05, 4.69) is 36.0 Å². The first-order valence-corrected chi connectivity index (χ1v) is 9.27. The van der Waals surface area contributed by atoms with Gasteiger partial charge in [0.25, 0.3) is 0 Å². The normalized spacial score (nSPS) is 18.0. The van der Waals surface area contributed by atoms with E-state index in [4.69, 9.17) is 4.74 Å². The Morgan fingerprint density at radius 3 is 2.62 bits per heavy atom. The van der Waals surface area contributed by atoms with Crippen molar-refractivity contribution in [3.63, 3.8) is 0 Å². The van der Waals surface area contributed by atoms with Crippen molar-refractivity contribution in [2.24, 2.45) is 20.7 Å². The lowest BCUT2D eigenvalue weighted by Crippen LogP contribution is -2.27. The predicted octanol–water partition coefficient (Wildman–Crippen LogP) is 3.61. The van der Waals surface area contributed by atoms with Crippen LogP contribution < -0.4 is 4.90 Å². The maximum Gasteiger partial charge on any atom is 0.414 e. The van der Waals surface area contributed by atoms with Crippen LogP contribution in [0.2, 0.25) is 0 Å². The molecule has 0 unspecified atom stereocenters. The lowest BCUT2D eigenvalue weighted by molar-refractivity contribution is 0.129. The van der Waals surface area contributed by atoms with Crippen molar-refractivity contribution < 1.29 is 22.7 Å². The number of hydrogen-bond acceptors (Lipinski definition) is 9. The van der Waals surface area contributed by atoms with Crippen molar-refractivity contribution in [1.29, 1.82) is 0 Å². The van der Waals surface area contributed by atoms with Crippen LogP contribution in [0.15, 0.2) is 57.5 Å². The summed E-state index contributed by atoms with van der Waals surface area (Å²) in [7, 11) is 0. The zero-order chi connectivity index (χ0) is 22.2. The summed E-state index contributed by atoms with van der Waals surface area (Å²) in [5, 5.41) is 21.6. The number of aromatic nitrogens is 4. The van der Waals surface area contributed by atoms with Gasteiger partial charge in [-0.3, -0.25) is 9.88 Å². The van der Waals surface area contributed by atoms with Gasteiger partial charge in [-0.2, -0.15) is 0 Å². The van der Waals surface area contributed by atoms with Gasteiger partial charge >= 0.3 is 6.09 Å². The molecule has 14 heteroatoms. The second-order valence-corrected chi connectivity index (χ2v) is 6.88. The van der Waals surface area contributed by atoms with E-state index in [1.165, 1.54) is 23.0 Å². The summed E-state index contributed by atoms with van der Waals surface area (Å²) in [6.07, 6.45) is 1.81. The van der Waals surface area contributed by atoms with E-state index in [1.807, 2.05) is 0 Å². The first-order valence-electron chi connectivity index (χ1n) is 9.27. The fourth-order valence-corrected chi connectivity index (χ4v) is 3.39. The molecule has 0 aliphatic carbocycles. The van der Waals surface area contributed by atoms with Crippen molar-refractivity contribution in [2.45, 2.75) is 18.8 Å². The molecule has 1 amide bonds. The van der Waals surface area contributed by atoms with Crippen LogP contribution in [-0.2, 0) is 11.3 Å². The van der Waals surface area contributed by atoms with Crippen LogP contribution in [0, 0.1) is 17.5 Å². The highest BCUT2D eigenvalue weighted by Crippen LogP contribution is 2.35. The lowest BCUT2D eigenvalue weighted by Gasteiger charge is -2.17. The molecule has 162 valence electrons. The molecule has 11 nitrogen and oxygen atoms in total. The van der Waals surface area contributed by atoms with E-state index in [1.54, 1.807) is 6.20 Å². The van der Waals surface area contributed by atoms with Gasteiger partial charge in [-0.25, -0.2) is 22.6 Å². The number of amides is 1. The summed E-state index contributed by atoms with van der Waals surface area (Å²) in [5.74, 6) is -3.91. The number of carbonyl (C=O) groups excluding carboxylic acids is 1. The molecule has 4 heterocycles. The minimum absolute atomic E-state index is 0.00543. The van der Waals surface area contributed by atoms with E-state index < -0.39 is 47.1 Å². The third-order valence-corrected chi connectivity index (χ3v) is 4.87. The molecular formula is C18H12F3N9O2. The predicted molar refractivity (Wildman–Crippen MR) is 99.6 cm³/mol. The number of pyridine rings is 1. The second-order valence-electron chi connectivity index (χ2n) is 6.88. The molecule has 0 saturated carbocycles. The molecule has 0 radical (unpaired) electrons. The minimum Gasteiger partial charge on any atom is -0.442 e. The van der Waals surface area contributed by atoms with Crippen LogP contribution >= 0.6 is 0 Å². The Labute approximate surface area is 177 Å². The molecule has 1 aromatic carbocycles. The highest BCUT2D eigenvalue weighted by Gasteiger charge is 2.36. The summed E-state index contributed by atoms with van der Waals surface area (Å²) < 4.78 is 51.2. The summed E-state index contributed by atoms with van der Waals surface area (Å²) >= 11 is 0. The summed E-state index contributed by atoms with van der Waals surface area (Å²) in [6, 6.07) is 3.53. The molecule has 32 heavy (non-hydrogen) atoms. The molecule has 3 aromatic rings. The van der Waals surface area contributed by atoms with Gasteiger partial charge in [0, 0.05) is 24.0 Å². The maximum atomic E-state index is 14.9. The number of halogens is 3. The lowest BCUT2D eigenvalue weighted by atomic mass is 10.0. The van der Waals surface area contributed by atoms with E-state index in [0.717, 1.165) is 17.2 Å². The number of nitrogens with zero attached hydrogens (tertiary/aromatic N) is 9. The molecule has 1 atom stereocenters. The largest absolute Gasteiger partial charge is 0.442 e. The van der Waals surface area contributed by atoms with Gasteiger partial charge in [-0.05, 0) is 16.5 Å². The van der Waals surface area contributed by atoms with Crippen LogP contribution in [0.5, 0.6) is 0 Å². The van der Waals surface area contributed by atoms with Crippen molar-refractivity contribution in [3.8, 4) is 11.1 Å². The number of anilines is 1. The van der Waals surface area contributed by atoms with Gasteiger partial charge in [-0.1, -0.05) is 11.3 Å². The molecule has 1 fully saturated rings. The third-order valence-electron chi connectivity index (χ3n) is 4.87. The molecule has 2 aliphatic rings. The van der Waals surface area contributed by atoms with E-state index in [-0.39, 0.29) is 18.7 Å². The first-order chi connectivity index (χ1) is 15.5. The van der Waals surface area contributed by atoms with Gasteiger partial charge in [0.15, 0.2) is 11.6 Å². The van der Waals surface area contributed by atoms with Crippen LogP contribution in [-0.4, -0.2) is 38.7 Å². The Bertz CT molecular complexity index is 1220. The Hall–Kier alpha value is -4.23. The summed E-state index contributed by atoms with van der Waals surface area (Å²) in [6.45, 7) is 0.0413. The fraction of sp³-hybridized carbons (Fsp3) is 0.222. The molecule has 0 bridgehead atoms. The van der Waals surface area contributed by atoms with Crippen LogP contribution in [0.1, 0.15) is 11.9 Å². The second kappa shape index (κ2) is 7.79. The number of benzene rings is 1. The van der Waals surface area contributed by atoms with E-state index in [9.17, 15) is 18.0 Å². The van der Waals surface area contributed by atoms with Gasteiger partial charge < -0.3 is 4.74 Å². The SMILES string of the molecule is O=C1O[C@@H](Cn2ccnn2)CN1c1cc(F)c(-c2ccc(C3N=NN=N3)nc2)c(F)c1F. The highest BCUT2D eigenvalue weighted by atomic mass is 19.2.